The minimum atomic E-state index is 0.225. The first-order valence-corrected chi connectivity index (χ1v) is 36.3. The van der Waals surface area contributed by atoms with Crippen LogP contribution >= 0.6 is 0 Å². The average Bonchev–Trinajstić information content (AvgIpc) is 1.06. The van der Waals surface area contributed by atoms with Crippen LogP contribution < -0.4 is 0 Å². The summed E-state index contributed by atoms with van der Waals surface area (Å²) in [5, 5.41) is 0. The number of fused-ring (bicyclic) bond motifs is 6. The topological polar surface area (TPSA) is 36.9 Å². The third kappa shape index (κ3) is 17.6. The zero-order valence-electron chi connectivity index (χ0n) is 62.2. The molecule has 4 heteroatoms. The first kappa shape index (κ1) is 74.6. The summed E-state index contributed by atoms with van der Waals surface area (Å²) in [5.41, 5.74) is 19.1. The maximum Gasteiger partial charge on any atom is 0.0650 e. The van der Waals surface area contributed by atoms with Gasteiger partial charge in [0.05, 0.1) is 24.4 Å². The van der Waals surface area contributed by atoms with Crippen molar-refractivity contribution in [1.82, 2.24) is 0 Å². The molecule has 6 aliphatic rings. The van der Waals surface area contributed by atoms with Gasteiger partial charge in [-0.25, -0.2) is 0 Å². The minimum Gasteiger partial charge on any atom is -0.381 e. The molecule has 504 valence electrons. The highest BCUT2D eigenvalue weighted by Gasteiger charge is 2.43. The summed E-state index contributed by atoms with van der Waals surface area (Å²) in [6.45, 7) is 44.1. The lowest BCUT2D eigenvalue weighted by Gasteiger charge is -2.43. The number of rotatable bonds is 10. The summed E-state index contributed by atoms with van der Waals surface area (Å²) in [5.74, 6) is 8.68. The number of hydrogen-bond acceptors (Lipinski definition) is 4. The monoisotopic (exact) mass is 1250 g/mol. The van der Waals surface area contributed by atoms with E-state index in [2.05, 4.69) is 277 Å². The van der Waals surface area contributed by atoms with Gasteiger partial charge in [0.15, 0.2) is 0 Å². The summed E-state index contributed by atoms with van der Waals surface area (Å²) in [6.07, 6.45) is 12.4. The van der Waals surface area contributed by atoms with Crippen LogP contribution in [0.5, 0.6) is 0 Å². The van der Waals surface area contributed by atoms with Crippen molar-refractivity contribution in [2.75, 3.05) is 28.4 Å². The Bertz CT molecular complexity index is 3000. The number of benzene rings is 6. The van der Waals surface area contributed by atoms with E-state index in [0.29, 0.717) is 71.8 Å². The summed E-state index contributed by atoms with van der Waals surface area (Å²) in [6, 6.07) is 53.4. The van der Waals surface area contributed by atoms with Crippen LogP contribution in [0.1, 0.15) is 272 Å². The van der Waals surface area contributed by atoms with Gasteiger partial charge in [0, 0.05) is 52.1 Å². The van der Waals surface area contributed by atoms with Gasteiger partial charge in [0.1, 0.15) is 0 Å². The molecular weight excluding hydrogens is 1120 g/mol. The molecule has 4 nitrogen and oxygen atoms in total. The number of ether oxygens (including phenoxy) is 4. The normalized spacial score (nSPS) is 25.9. The van der Waals surface area contributed by atoms with E-state index in [1.165, 1.54) is 70.2 Å². The van der Waals surface area contributed by atoms with E-state index in [-0.39, 0.29) is 16.2 Å². The van der Waals surface area contributed by atoms with Gasteiger partial charge in [-0.3, -0.25) is 0 Å². The van der Waals surface area contributed by atoms with Gasteiger partial charge in [-0.15, -0.1) is 0 Å². The van der Waals surface area contributed by atoms with E-state index in [1.54, 1.807) is 22.3 Å². The summed E-state index contributed by atoms with van der Waals surface area (Å²) < 4.78 is 22.9. The van der Waals surface area contributed by atoms with E-state index < -0.39 is 0 Å². The molecule has 6 aliphatic carbocycles. The molecule has 11 atom stereocenters. The van der Waals surface area contributed by atoms with Crippen molar-refractivity contribution in [3.05, 3.63) is 212 Å². The highest BCUT2D eigenvalue weighted by atomic mass is 16.5. The van der Waals surface area contributed by atoms with Crippen molar-refractivity contribution < 1.29 is 18.9 Å². The van der Waals surface area contributed by atoms with Gasteiger partial charge in [-0.1, -0.05) is 277 Å². The fourth-order valence-corrected chi connectivity index (χ4v) is 18.2. The van der Waals surface area contributed by atoms with Crippen LogP contribution in [0.15, 0.2) is 146 Å². The highest BCUT2D eigenvalue weighted by Crippen LogP contribution is 2.50. The lowest BCUT2D eigenvalue weighted by Crippen LogP contribution is -2.39. The molecule has 0 N–H and O–H groups in total. The molecule has 0 bridgehead atoms. The molecule has 0 spiro atoms. The third-order valence-electron chi connectivity index (χ3n) is 22.6. The molecule has 0 saturated heterocycles. The highest BCUT2D eigenvalue weighted by molar-refractivity contribution is 5.43. The summed E-state index contributed by atoms with van der Waals surface area (Å²) >= 11 is 0. The molecule has 0 saturated carbocycles. The predicted molar refractivity (Wildman–Crippen MR) is 394 cm³/mol. The van der Waals surface area contributed by atoms with Gasteiger partial charge < -0.3 is 18.9 Å². The van der Waals surface area contributed by atoms with Crippen molar-refractivity contribution in [1.29, 1.82) is 0 Å². The molecule has 0 heterocycles. The van der Waals surface area contributed by atoms with E-state index in [9.17, 15) is 0 Å². The second-order valence-corrected chi connectivity index (χ2v) is 32.5. The van der Waals surface area contributed by atoms with E-state index >= 15 is 0 Å². The Hall–Kier alpha value is -4.84. The van der Waals surface area contributed by atoms with Crippen LogP contribution in [0.3, 0.4) is 0 Å². The fourth-order valence-electron chi connectivity index (χ4n) is 18.2. The molecule has 6 aromatic carbocycles. The zero-order valence-corrected chi connectivity index (χ0v) is 62.2. The van der Waals surface area contributed by atoms with E-state index in [1.807, 2.05) is 28.4 Å². The van der Waals surface area contributed by atoms with Crippen LogP contribution in [0.4, 0.5) is 0 Å². The molecule has 0 aliphatic heterocycles. The predicted octanol–water partition coefficient (Wildman–Crippen LogP) is 23.1. The lowest BCUT2D eigenvalue weighted by molar-refractivity contribution is 0.0329. The first-order valence-electron chi connectivity index (χ1n) is 36.3. The minimum absolute atomic E-state index is 0.225. The molecule has 0 amide bonds. The molecule has 6 aromatic rings. The average molecular weight is 1250 g/mol. The zero-order chi connectivity index (χ0) is 67.4. The quantitative estimate of drug-likeness (QED) is 0.137. The molecule has 12 rings (SSSR count). The first-order chi connectivity index (χ1) is 43.6. The van der Waals surface area contributed by atoms with E-state index in [4.69, 9.17) is 18.9 Å². The van der Waals surface area contributed by atoms with Crippen LogP contribution in [0.2, 0.25) is 0 Å². The molecule has 0 radical (unpaired) electrons. The smallest absolute Gasteiger partial charge is 0.0650 e. The van der Waals surface area contributed by atoms with Crippen LogP contribution in [-0.2, 0) is 54.5 Å². The molecule has 92 heavy (non-hydrogen) atoms. The van der Waals surface area contributed by atoms with Gasteiger partial charge in [0.2, 0.25) is 0 Å². The van der Waals surface area contributed by atoms with Crippen molar-refractivity contribution in [3.63, 3.8) is 0 Å². The van der Waals surface area contributed by atoms with Crippen molar-refractivity contribution in [3.8, 4) is 0 Å². The Morgan fingerprint density at radius 2 is 0.609 bits per heavy atom. The Kier molecular flexibility index (Phi) is 26.9. The van der Waals surface area contributed by atoms with Gasteiger partial charge in [-0.05, 0) is 194 Å². The van der Waals surface area contributed by atoms with Crippen molar-refractivity contribution in [2.24, 2.45) is 41.4 Å². The van der Waals surface area contributed by atoms with Crippen LogP contribution in [-0.4, -0.2) is 52.9 Å². The van der Waals surface area contributed by atoms with Crippen molar-refractivity contribution in [2.45, 2.75) is 266 Å². The number of hydrogen-bond donors (Lipinski definition) is 0. The maximum absolute atomic E-state index is 5.76. The second kappa shape index (κ2) is 33.2. The summed E-state index contributed by atoms with van der Waals surface area (Å²) in [7, 11) is 7.40. The van der Waals surface area contributed by atoms with Gasteiger partial charge >= 0.3 is 0 Å². The molecule has 0 unspecified atom stereocenters. The third-order valence-corrected chi connectivity index (χ3v) is 22.6. The summed E-state index contributed by atoms with van der Waals surface area (Å²) in [4.78, 5) is 0. The largest absolute Gasteiger partial charge is 0.381 e. The van der Waals surface area contributed by atoms with Gasteiger partial charge in [-0.2, -0.15) is 0 Å². The number of methoxy groups -OCH3 is 4. The second-order valence-electron chi connectivity index (χ2n) is 32.5. The van der Waals surface area contributed by atoms with Crippen LogP contribution in [0, 0.1) is 41.4 Å². The Labute approximate surface area is 563 Å². The Morgan fingerprint density at radius 3 is 0.957 bits per heavy atom. The van der Waals surface area contributed by atoms with E-state index in [0.717, 1.165) is 61.7 Å². The molecule has 0 fully saturated rings. The Balaban J connectivity index is 0.000000157. The maximum atomic E-state index is 5.76. The molecular formula is C88H128O4. The Morgan fingerprint density at radius 1 is 0.315 bits per heavy atom. The fraction of sp³-hybridized carbons (Fsp3) is 0.591. The number of aryl methyl sites for hydroxylation is 2. The van der Waals surface area contributed by atoms with Crippen LogP contribution in [0.25, 0.3) is 0 Å². The standard InChI is InChI=1S/3C16H24O.C14H20O.2C13H18/c3*1-11(2)15-12-8-6-7-9-13(12)16(3,4)10-14(15)17-5;1-10(2)14-12-7-5-4-6-11(12)8-9-13(14)15-3;1-9(2)13-10(3)8-11-6-4-5-7-12(11)13;1-10(2)12-9-5-7-11-6-3-4-8-13(11)12/h3*6-9,11,14-15H,10H2,1-5H3;4-7,10,13-14H,8-9H2,1-3H3;4-7,9-10,13H,8H2,1-3H3;3-4,6,8,10,12H,5,7,9H2,1-2H3/t3*14-,15+;13-,14+;10-,13-;12-/m110001/s1. The SMILES string of the molecule is CC(C)[C@@H]1c2ccccc2C[C@@H]1C.CC(C)[C@H]1CCCc2ccccc21.CO[C@@H]1CC(C)(C)c2ccccc2[C@@H]1C(C)C.CO[C@@H]1CC(C)(C)c2ccccc2[C@@H]1C(C)C.CO[C@H]1CC(C)(C)c2ccccc2[C@H]1C(C)C.CO[C@H]1CCc2ccccc2[C@H]1C(C)C. The van der Waals surface area contributed by atoms with Gasteiger partial charge in [0.25, 0.3) is 0 Å². The lowest BCUT2D eigenvalue weighted by atomic mass is 9.65. The van der Waals surface area contributed by atoms with Crippen molar-refractivity contribution >= 4 is 0 Å². The molecule has 0 aromatic heterocycles.